The zero-order valence-electron chi connectivity index (χ0n) is 31.6. The number of nitrogens with one attached hydrogen (secondary N) is 2. The molecule has 8 bridgehead atoms. The normalized spacial score (nSPS) is 12.8. The zero-order valence-corrected chi connectivity index (χ0v) is 31.6. The number of aromatic amines is 2. The van der Waals surface area contributed by atoms with Crippen molar-refractivity contribution in [3.63, 3.8) is 0 Å². The number of aryl methyl sites for hydroxylation is 4. The predicted octanol–water partition coefficient (Wildman–Crippen LogP) is 9.22. The number of nitrogens with zero attached hydrogens (tertiary/aromatic N) is 4. The van der Waals surface area contributed by atoms with E-state index in [0.717, 1.165) is 104 Å². The van der Waals surface area contributed by atoms with Gasteiger partial charge in [0.05, 0.1) is 36.0 Å². The number of ether oxygens (including phenoxy) is 2. The fraction of sp³-hybridized carbons (Fsp3) is 0.318. The van der Waals surface area contributed by atoms with Crippen LogP contribution in [0.25, 0.3) is 44.4 Å². The maximum Gasteiger partial charge on any atom is 0.306 e. The second kappa shape index (κ2) is 16.4. The molecule has 7 heterocycles. The van der Waals surface area contributed by atoms with E-state index >= 15 is 0 Å². The summed E-state index contributed by atoms with van der Waals surface area (Å²) in [4.78, 5) is 43.3. The van der Waals surface area contributed by atoms with E-state index in [9.17, 15) is 9.59 Å². The van der Waals surface area contributed by atoms with Gasteiger partial charge in [-0.1, -0.05) is 0 Å². The molecule has 0 radical (unpaired) electrons. The van der Waals surface area contributed by atoms with Gasteiger partial charge in [0.15, 0.2) is 0 Å². The van der Waals surface area contributed by atoms with Crippen molar-refractivity contribution in [2.45, 2.75) is 79.3 Å². The highest BCUT2D eigenvalue weighted by molar-refractivity contribution is 5.96. The van der Waals surface area contributed by atoms with E-state index in [1.54, 1.807) is 0 Å². The van der Waals surface area contributed by atoms with Crippen LogP contribution in [0.4, 0.5) is 0 Å². The number of allylic oxidation sites excluding steroid dienone is 4. The van der Waals surface area contributed by atoms with Crippen LogP contribution in [0.2, 0.25) is 0 Å². The van der Waals surface area contributed by atoms with Crippen molar-refractivity contribution in [3.05, 3.63) is 119 Å². The Morgan fingerprint density at radius 1 is 0.574 bits per heavy atom. The number of hydrogen-bond acceptors (Lipinski definition) is 6. The van der Waals surface area contributed by atoms with Gasteiger partial charge >= 0.3 is 11.9 Å². The van der Waals surface area contributed by atoms with Crippen LogP contribution in [-0.4, -0.2) is 54.2 Å². The summed E-state index contributed by atoms with van der Waals surface area (Å²) in [5.41, 5.74) is 13.3. The molecular weight excluding hydrogens is 677 g/mol. The molecule has 2 N–H and O–H groups in total. The molecule has 5 aromatic heterocycles. The van der Waals surface area contributed by atoms with Gasteiger partial charge in [-0.25, -0.2) is 9.97 Å². The van der Waals surface area contributed by atoms with Crippen LogP contribution in [0.3, 0.4) is 0 Å². The minimum absolute atomic E-state index is 0.231. The van der Waals surface area contributed by atoms with Crippen LogP contribution in [0.5, 0.6) is 0 Å². The van der Waals surface area contributed by atoms with Gasteiger partial charge in [0.25, 0.3) is 0 Å². The first-order valence-electron chi connectivity index (χ1n) is 18.8. The van der Waals surface area contributed by atoms with E-state index in [-0.39, 0.29) is 24.8 Å². The molecule has 0 atom stereocenters. The highest BCUT2D eigenvalue weighted by Gasteiger charge is 2.23. The molecule has 0 aromatic carbocycles. The molecule has 0 unspecified atom stereocenters. The van der Waals surface area contributed by atoms with Gasteiger partial charge < -0.3 is 28.6 Å². The molecule has 10 heteroatoms. The van der Waals surface area contributed by atoms with Crippen LogP contribution in [-0.2, 0) is 32.2 Å². The summed E-state index contributed by atoms with van der Waals surface area (Å²) in [6, 6.07) is 20.5. The number of aromatic nitrogens is 6. The van der Waals surface area contributed by atoms with Crippen molar-refractivity contribution >= 4 is 56.3 Å². The summed E-state index contributed by atoms with van der Waals surface area (Å²) in [5.74, 6) is -0.462. The average Bonchev–Trinajstić information content (AvgIpc) is 4.01. The van der Waals surface area contributed by atoms with Crippen molar-refractivity contribution in [2.24, 2.45) is 0 Å². The number of carbonyl (C=O) groups is 2. The first kappa shape index (κ1) is 36.5. The molecule has 0 saturated carbocycles. The minimum Gasteiger partial charge on any atom is -0.466 e. The predicted molar refractivity (Wildman–Crippen MR) is 214 cm³/mol. The Labute approximate surface area is 315 Å². The van der Waals surface area contributed by atoms with Crippen LogP contribution < -0.4 is 0 Å². The van der Waals surface area contributed by atoms with Gasteiger partial charge in [-0.2, -0.15) is 0 Å². The van der Waals surface area contributed by atoms with Crippen molar-refractivity contribution in [3.8, 4) is 0 Å². The van der Waals surface area contributed by atoms with Crippen molar-refractivity contribution in [1.29, 1.82) is 0 Å². The topological polar surface area (TPSA) is 120 Å². The highest BCUT2D eigenvalue weighted by atomic mass is 16.5. The Morgan fingerprint density at radius 2 is 1.02 bits per heavy atom. The summed E-state index contributed by atoms with van der Waals surface area (Å²) < 4.78 is 15.4. The molecule has 7 rings (SSSR count). The lowest BCUT2D eigenvalue weighted by Crippen LogP contribution is -2.08. The average molecular weight is 725 g/mol. The number of carbonyl (C=O) groups excluding carboxylic acids is 2. The summed E-state index contributed by atoms with van der Waals surface area (Å²) in [5, 5.41) is 0. The van der Waals surface area contributed by atoms with Gasteiger partial charge in [0.1, 0.15) is 0 Å². The van der Waals surface area contributed by atoms with Crippen LogP contribution in [0, 0.1) is 13.8 Å². The highest BCUT2D eigenvalue weighted by Crippen LogP contribution is 2.37. The first-order valence-corrected chi connectivity index (χ1v) is 18.8. The second-order valence-corrected chi connectivity index (χ2v) is 14.2. The van der Waals surface area contributed by atoms with Gasteiger partial charge in [0, 0.05) is 72.8 Å². The smallest absolute Gasteiger partial charge is 0.306 e. The van der Waals surface area contributed by atoms with E-state index in [1.807, 2.05) is 55.1 Å². The molecule has 0 spiro atoms. The number of fused-ring (bicyclic) bond motifs is 8. The van der Waals surface area contributed by atoms with Crippen molar-refractivity contribution in [2.75, 3.05) is 13.2 Å². The molecule has 0 aliphatic carbocycles. The van der Waals surface area contributed by atoms with Gasteiger partial charge in [-0.15, -0.1) is 0 Å². The van der Waals surface area contributed by atoms with Gasteiger partial charge in [0.2, 0.25) is 0 Å². The number of esters is 2. The molecule has 0 amide bonds. The van der Waals surface area contributed by atoms with Crippen molar-refractivity contribution < 1.29 is 19.1 Å². The molecule has 2 aliphatic rings. The van der Waals surface area contributed by atoms with E-state index in [2.05, 4.69) is 77.1 Å². The SMILES string of the molecule is CC1=C(CCC(=O)OCCCn2cccc2)c2cc3nc(cc4[nH]c(cc4C)cc4[nH]c(cc1n2)cc4C)C(C)=C3CCC(=O)OCCCn1cccc1. The monoisotopic (exact) mass is 724 g/mol. The van der Waals surface area contributed by atoms with Crippen LogP contribution in [0.1, 0.15) is 86.3 Å². The maximum atomic E-state index is 13.0. The molecule has 0 fully saturated rings. The number of hydrogen-bond donors (Lipinski definition) is 2. The standard InChI is InChI=1S/C44H48N6O4/c1-29-23-34-26-39-31(3)35(11-13-43(51)53-21-9-19-49-15-5-6-16-49)41(47-39)28-42-36(12-14-44(52)54-22-10-20-50-17-7-8-18-50)32(4)40(48-42)27-38-30(2)24-33(46-38)25-37(29)45-34/h5-8,15-18,23-28,45-46H,9-14,19-22H2,1-4H3. The maximum absolute atomic E-state index is 13.0. The number of H-pyrrole nitrogens is 2. The zero-order chi connectivity index (χ0) is 37.6. The minimum atomic E-state index is -0.231. The third-order valence-electron chi connectivity index (χ3n) is 10.2. The molecule has 278 valence electrons. The fourth-order valence-corrected chi connectivity index (χ4v) is 7.14. The van der Waals surface area contributed by atoms with Gasteiger partial charge in [-0.3, -0.25) is 9.59 Å². The summed E-state index contributed by atoms with van der Waals surface area (Å²) >= 11 is 0. The molecule has 5 aromatic rings. The molecule has 0 saturated heterocycles. The largest absolute Gasteiger partial charge is 0.466 e. The Hall–Kier alpha value is -5.90. The van der Waals surface area contributed by atoms with E-state index in [4.69, 9.17) is 19.4 Å². The number of rotatable bonds is 14. The van der Waals surface area contributed by atoms with E-state index < -0.39 is 0 Å². The van der Waals surface area contributed by atoms with Crippen molar-refractivity contribution in [1.82, 2.24) is 29.1 Å². The van der Waals surface area contributed by atoms with E-state index in [0.29, 0.717) is 26.1 Å². The summed E-state index contributed by atoms with van der Waals surface area (Å²) in [7, 11) is 0. The third-order valence-corrected chi connectivity index (χ3v) is 10.2. The second-order valence-electron chi connectivity index (χ2n) is 14.2. The summed E-state index contributed by atoms with van der Waals surface area (Å²) in [6.07, 6.45) is 11.0. The fourth-order valence-electron chi connectivity index (χ4n) is 7.14. The van der Waals surface area contributed by atoms with Crippen LogP contribution in [0.15, 0.2) is 85.5 Å². The molecular formula is C44H48N6O4. The Bertz CT molecular complexity index is 2370. The molecule has 54 heavy (non-hydrogen) atoms. The van der Waals surface area contributed by atoms with Gasteiger partial charge in [-0.05, 0) is 147 Å². The summed E-state index contributed by atoms with van der Waals surface area (Å²) in [6.45, 7) is 10.6. The lowest BCUT2D eigenvalue weighted by atomic mass is 9.98. The molecule has 10 nitrogen and oxygen atoms in total. The van der Waals surface area contributed by atoms with E-state index in [1.165, 1.54) is 0 Å². The quantitative estimate of drug-likeness (QED) is 0.0871. The van der Waals surface area contributed by atoms with Crippen LogP contribution >= 0.6 is 0 Å². The lowest BCUT2D eigenvalue weighted by Gasteiger charge is -2.08. The first-order chi connectivity index (χ1) is 26.2. The Balaban J connectivity index is 1.19. The molecule has 2 aliphatic heterocycles. The Morgan fingerprint density at radius 3 is 1.52 bits per heavy atom. The third kappa shape index (κ3) is 8.65. The Kier molecular flexibility index (Phi) is 11.1. The lowest BCUT2D eigenvalue weighted by molar-refractivity contribution is -0.144.